The number of fused-ring (bicyclic) bond motifs is 1. The molecule has 0 atom stereocenters. The van der Waals surface area contributed by atoms with Crippen molar-refractivity contribution in [2.75, 3.05) is 5.32 Å². The number of hydrogen-bond donors (Lipinski definition) is 1. The number of hydrogen-bond acceptors (Lipinski definition) is 5. The minimum atomic E-state index is -0.217. The fourth-order valence-corrected chi connectivity index (χ4v) is 3.37. The van der Waals surface area contributed by atoms with E-state index in [0.29, 0.717) is 9.97 Å². The van der Waals surface area contributed by atoms with Crippen LogP contribution in [-0.4, -0.2) is 25.7 Å². The van der Waals surface area contributed by atoms with Crippen molar-refractivity contribution in [3.63, 3.8) is 0 Å². The zero-order valence-electron chi connectivity index (χ0n) is 13.8. The standard InChI is InChI=1S/C16H19N5OS/c1-8(2)13-18-19-16-21(13)20-15(23-16)14(22)17-12-10(4)6-9(3)7-11(12)5/h6-8H,1-5H3,(H,17,22). The van der Waals surface area contributed by atoms with E-state index >= 15 is 0 Å². The average molecular weight is 329 g/mol. The SMILES string of the molecule is Cc1cc(C)c(NC(=O)c2nn3c(C(C)C)nnc3s2)c(C)c1. The van der Waals surface area contributed by atoms with Crippen LogP contribution in [0.4, 0.5) is 5.69 Å². The van der Waals surface area contributed by atoms with Gasteiger partial charge >= 0.3 is 0 Å². The molecule has 0 saturated heterocycles. The lowest BCUT2D eigenvalue weighted by Crippen LogP contribution is -2.14. The first-order chi connectivity index (χ1) is 10.9. The van der Waals surface area contributed by atoms with Crippen molar-refractivity contribution in [2.45, 2.75) is 40.5 Å². The van der Waals surface area contributed by atoms with Crippen LogP contribution < -0.4 is 5.32 Å². The van der Waals surface area contributed by atoms with E-state index < -0.39 is 0 Å². The number of rotatable bonds is 3. The number of benzene rings is 1. The summed E-state index contributed by atoms with van der Waals surface area (Å²) in [7, 11) is 0. The first-order valence-corrected chi connectivity index (χ1v) is 8.29. The maximum atomic E-state index is 12.5. The molecule has 6 nitrogen and oxygen atoms in total. The molecule has 1 N–H and O–H groups in total. The largest absolute Gasteiger partial charge is 0.319 e. The Morgan fingerprint density at radius 2 is 1.83 bits per heavy atom. The van der Waals surface area contributed by atoms with Gasteiger partial charge in [-0.2, -0.15) is 4.52 Å². The summed E-state index contributed by atoms with van der Waals surface area (Å²) in [5, 5.41) is 15.9. The van der Waals surface area contributed by atoms with Gasteiger partial charge in [0.05, 0.1) is 0 Å². The van der Waals surface area contributed by atoms with Crippen molar-refractivity contribution >= 4 is 27.9 Å². The fourth-order valence-electron chi connectivity index (χ4n) is 2.63. The molecule has 7 heteroatoms. The molecule has 0 bridgehead atoms. The molecule has 0 unspecified atom stereocenters. The van der Waals surface area contributed by atoms with Gasteiger partial charge in [0.1, 0.15) is 0 Å². The van der Waals surface area contributed by atoms with Crippen LogP contribution in [0.5, 0.6) is 0 Å². The Morgan fingerprint density at radius 1 is 1.17 bits per heavy atom. The smallest absolute Gasteiger partial charge is 0.286 e. The van der Waals surface area contributed by atoms with Gasteiger partial charge in [0.2, 0.25) is 9.97 Å². The summed E-state index contributed by atoms with van der Waals surface area (Å²) in [6.45, 7) is 10.1. The van der Waals surface area contributed by atoms with Crippen LogP contribution in [-0.2, 0) is 0 Å². The number of amides is 1. The third-order valence-corrected chi connectivity index (χ3v) is 4.54. The van der Waals surface area contributed by atoms with E-state index in [4.69, 9.17) is 0 Å². The van der Waals surface area contributed by atoms with Gasteiger partial charge in [0.15, 0.2) is 5.82 Å². The normalized spacial score (nSPS) is 11.4. The summed E-state index contributed by atoms with van der Waals surface area (Å²) >= 11 is 1.24. The molecule has 3 aromatic rings. The summed E-state index contributed by atoms with van der Waals surface area (Å²) in [5.74, 6) is 0.743. The highest BCUT2D eigenvalue weighted by Gasteiger charge is 2.19. The molecule has 1 aromatic carbocycles. The molecule has 120 valence electrons. The van der Waals surface area contributed by atoms with E-state index in [1.807, 2.05) is 34.6 Å². The van der Waals surface area contributed by atoms with E-state index in [1.54, 1.807) is 4.52 Å². The number of nitrogens with zero attached hydrogens (tertiary/aromatic N) is 4. The third kappa shape index (κ3) is 2.84. The summed E-state index contributed by atoms with van der Waals surface area (Å²) < 4.78 is 1.65. The molecule has 3 rings (SSSR count). The lowest BCUT2D eigenvalue weighted by molar-refractivity contribution is 0.102. The summed E-state index contributed by atoms with van der Waals surface area (Å²) in [5.41, 5.74) is 4.11. The quantitative estimate of drug-likeness (QED) is 0.798. The molecular formula is C16H19N5OS. The fraction of sp³-hybridized carbons (Fsp3) is 0.375. The zero-order chi connectivity index (χ0) is 16.7. The van der Waals surface area contributed by atoms with E-state index in [0.717, 1.165) is 22.6 Å². The molecule has 0 fully saturated rings. The van der Waals surface area contributed by atoms with E-state index in [-0.39, 0.29) is 11.8 Å². The predicted octanol–water partition coefficient (Wildman–Crippen LogP) is 3.49. The molecule has 2 heterocycles. The summed E-state index contributed by atoms with van der Waals surface area (Å²) in [4.78, 5) is 13.2. The van der Waals surface area contributed by atoms with E-state index in [2.05, 4.69) is 32.7 Å². The van der Waals surface area contributed by atoms with Gasteiger partial charge in [-0.3, -0.25) is 4.79 Å². The van der Waals surface area contributed by atoms with Gasteiger partial charge in [-0.1, -0.05) is 42.9 Å². The molecular weight excluding hydrogens is 310 g/mol. The molecule has 0 spiro atoms. The van der Waals surface area contributed by atoms with Crippen LogP contribution in [0, 0.1) is 20.8 Å². The van der Waals surface area contributed by atoms with Crippen LogP contribution in [0.3, 0.4) is 0 Å². The number of aromatic nitrogens is 4. The maximum absolute atomic E-state index is 12.5. The molecule has 0 aliphatic carbocycles. The van der Waals surface area contributed by atoms with Crippen molar-refractivity contribution in [3.8, 4) is 0 Å². The van der Waals surface area contributed by atoms with Crippen molar-refractivity contribution in [1.29, 1.82) is 0 Å². The Morgan fingerprint density at radius 3 is 2.43 bits per heavy atom. The van der Waals surface area contributed by atoms with Crippen molar-refractivity contribution < 1.29 is 4.79 Å². The Bertz CT molecular complexity index is 870. The van der Waals surface area contributed by atoms with E-state index in [9.17, 15) is 4.79 Å². The predicted molar refractivity (Wildman–Crippen MR) is 91.4 cm³/mol. The summed E-state index contributed by atoms with van der Waals surface area (Å²) in [6.07, 6.45) is 0. The summed E-state index contributed by atoms with van der Waals surface area (Å²) in [6, 6.07) is 4.11. The topological polar surface area (TPSA) is 72.2 Å². The lowest BCUT2D eigenvalue weighted by Gasteiger charge is -2.11. The number of nitrogens with one attached hydrogen (secondary N) is 1. The first-order valence-electron chi connectivity index (χ1n) is 7.48. The molecule has 0 aliphatic heterocycles. The monoisotopic (exact) mass is 329 g/mol. The second-order valence-electron chi connectivity index (χ2n) is 6.04. The number of carbonyl (C=O) groups excluding carboxylic acids is 1. The third-order valence-electron chi connectivity index (χ3n) is 3.64. The second-order valence-corrected chi connectivity index (χ2v) is 7.00. The van der Waals surface area contributed by atoms with Gasteiger partial charge in [-0.15, -0.1) is 15.3 Å². The van der Waals surface area contributed by atoms with Crippen molar-refractivity contribution in [2.24, 2.45) is 0 Å². The highest BCUT2D eigenvalue weighted by atomic mass is 32.1. The maximum Gasteiger partial charge on any atom is 0.286 e. The average Bonchev–Trinajstić information content (AvgIpc) is 3.01. The second kappa shape index (κ2) is 5.73. The highest BCUT2D eigenvalue weighted by Crippen LogP contribution is 2.24. The number of aryl methyl sites for hydroxylation is 3. The van der Waals surface area contributed by atoms with Crippen LogP contribution >= 0.6 is 11.3 Å². The van der Waals surface area contributed by atoms with Gasteiger partial charge in [0.25, 0.3) is 5.91 Å². The van der Waals surface area contributed by atoms with Crippen LogP contribution in [0.25, 0.3) is 4.96 Å². The van der Waals surface area contributed by atoms with Crippen LogP contribution in [0.1, 0.15) is 52.1 Å². The lowest BCUT2D eigenvalue weighted by atomic mass is 10.1. The van der Waals surface area contributed by atoms with Crippen LogP contribution in [0.2, 0.25) is 0 Å². The molecule has 2 aromatic heterocycles. The number of anilines is 1. The van der Waals surface area contributed by atoms with Gasteiger partial charge in [-0.25, -0.2) is 0 Å². The molecule has 0 aliphatic rings. The van der Waals surface area contributed by atoms with Crippen LogP contribution in [0.15, 0.2) is 12.1 Å². The molecule has 1 amide bonds. The Hall–Kier alpha value is -2.28. The Kier molecular flexibility index (Phi) is 3.89. The molecule has 23 heavy (non-hydrogen) atoms. The van der Waals surface area contributed by atoms with Crippen molar-refractivity contribution in [3.05, 3.63) is 39.7 Å². The number of carbonyl (C=O) groups is 1. The van der Waals surface area contributed by atoms with Gasteiger partial charge in [-0.05, 0) is 31.9 Å². The van der Waals surface area contributed by atoms with Gasteiger partial charge in [0, 0.05) is 11.6 Å². The van der Waals surface area contributed by atoms with Crippen molar-refractivity contribution in [1.82, 2.24) is 19.8 Å². The minimum Gasteiger partial charge on any atom is -0.319 e. The van der Waals surface area contributed by atoms with E-state index in [1.165, 1.54) is 16.9 Å². The minimum absolute atomic E-state index is 0.199. The Labute approximate surface area is 138 Å². The zero-order valence-corrected chi connectivity index (χ0v) is 14.7. The molecule has 0 saturated carbocycles. The van der Waals surface area contributed by atoms with Gasteiger partial charge < -0.3 is 5.32 Å². The Balaban J connectivity index is 1.92. The first kappa shape index (κ1) is 15.6. The highest BCUT2D eigenvalue weighted by molar-refractivity contribution is 7.18. The molecule has 0 radical (unpaired) electrons.